The van der Waals surface area contributed by atoms with Gasteiger partial charge in [0.1, 0.15) is 15.9 Å². The van der Waals surface area contributed by atoms with Gasteiger partial charge >= 0.3 is 11.9 Å². The number of hydrogen-bond donors (Lipinski definition) is 1. The maximum atomic E-state index is 12.9. The van der Waals surface area contributed by atoms with E-state index in [9.17, 15) is 14.4 Å². The first-order valence-corrected chi connectivity index (χ1v) is 10.4. The van der Waals surface area contributed by atoms with Gasteiger partial charge in [0, 0.05) is 6.20 Å². The number of esters is 2. The smallest absolute Gasteiger partial charge is 0.348 e. The van der Waals surface area contributed by atoms with Crippen molar-refractivity contribution in [3.8, 4) is 0 Å². The van der Waals surface area contributed by atoms with Gasteiger partial charge in [-0.3, -0.25) is 9.48 Å². The first-order valence-electron chi connectivity index (χ1n) is 8.82. The fourth-order valence-corrected chi connectivity index (χ4v) is 4.01. The van der Waals surface area contributed by atoms with E-state index >= 15 is 0 Å². The summed E-state index contributed by atoms with van der Waals surface area (Å²) < 4.78 is 12.4. The molecule has 0 aromatic carbocycles. The van der Waals surface area contributed by atoms with Gasteiger partial charge in [-0.05, 0) is 48.7 Å². The molecule has 0 saturated carbocycles. The second-order valence-electron chi connectivity index (χ2n) is 5.75. The van der Waals surface area contributed by atoms with Crippen LogP contribution < -0.4 is 5.32 Å². The van der Waals surface area contributed by atoms with Crippen LogP contribution in [0.3, 0.4) is 0 Å². The molecule has 152 valence electrons. The summed E-state index contributed by atoms with van der Waals surface area (Å²) in [5, 5.41) is 7.18. The van der Waals surface area contributed by atoms with Crippen molar-refractivity contribution in [1.82, 2.24) is 9.78 Å². The van der Waals surface area contributed by atoms with Gasteiger partial charge < -0.3 is 14.8 Å². The Labute approximate surface area is 175 Å². The van der Waals surface area contributed by atoms with E-state index in [0.717, 1.165) is 15.8 Å². The quantitative estimate of drug-likeness (QED) is 0.584. The standard InChI is InChI=1S/C18H22BrN3O5S/c1-5-12(22-9-11(19)8-20-22)15(23)21-16-13(17(24)26-6-2)10(4)14(28-16)18(25)27-7-3/h8-9,12H,5-7H2,1-4H3,(H,21,23). The van der Waals surface area contributed by atoms with Crippen molar-refractivity contribution in [1.29, 1.82) is 0 Å². The Balaban J connectivity index is 2.39. The van der Waals surface area contributed by atoms with Crippen LogP contribution in [0.2, 0.25) is 0 Å². The molecule has 0 aliphatic rings. The number of halogens is 1. The van der Waals surface area contributed by atoms with Gasteiger partial charge in [-0.15, -0.1) is 11.3 Å². The Bertz CT molecular complexity index is 877. The molecule has 0 aliphatic carbocycles. The molecule has 0 saturated heterocycles. The molecule has 1 N–H and O–H groups in total. The lowest BCUT2D eigenvalue weighted by atomic mass is 10.1. The van der Waals surface area contributed by atoms with Gasteiger partial charge in [-0.1, -0.05) is 6.92 Å². The van der Waals surface area contributed by atoms with Gasteiger partial charge in [0.15, 0.2) is 0 Å². The molecule has 28 heavy (non-hydrogen) atoms. The van der Waals surface area contributed by atoms with Crippen LogP contribution in [0.4, 0.5) is 5.00 Å². The number of carbonyl (C=O) groups excluding carboxylic acids is 3. The molecule has 1 unspecified atom stereocenters. The summed E-state index contributed by atoms with van der Waals surface area (Å²) in [5.41, 5.74) is 0.590. The topological polar surface area (TPSA) is 99.5 Å². The highest BCUT2D eigenvalue weighted by molar-refractivity contribution is 9.10. The molecule has 2 aromatic heterocycles. The molecule has 2 aromatic rings. The van der Waals surface area contributed by atoms with Gasteiger partial charge in [0.05, 0.1) is 29.4 Å². The van der Waals surface area contributed by atoms with Crippen molar-refractivity contribution in [2.75, 3.05) is 18.5 Å². The van der Waals surface area contributed by atoms with E-state index in [1.54, 1.807) is 33.2 Å². The van der Waals surface area contributed by atoms with Crippen LogP contribution in [0, 0.1) is 6.92 Å². The number of amides is 1. The van der Waals surface area contributed by atoms with Gasteiger partial charge in [-0.25, -0.2) is 9.59 Å². The molecular formula is C18H22BrN3O5S. The molecule has 0 spiro atoms. The number of nitrogens with zero attached hydrogens (tertiary/aromatic N) is 2. The first kappa shape index (κ1) is 22.1. The minimum absolute atomic E-state index is 0.166. The average molecular weight is 472 g/mol. The van der Waals surface area contributed by atoms with E-state index in [1.807, 2.05) is 6.92 Å². The molecule has 10 heteroatoms. The minimum atomic E-state index is -0.600. The lowest BCUT2D eigenvalue weighted by Gasteiger charge is -2.15. The van der Waals surface area contributed by atoms with E-state index in [4.69, 9.17) is 9.47 Å². The number of aromatic nitrogens is 2. The SMILES string of the molecule is CCOC(=O)c1sc(NC(=O)C(CC)n2cc(Br)cn2)c(C(=O)OCC)c1C. The number of nitrogens with one attached hydrogen (secondary N) is 1. The Kier molecular flexibility index (Phi) is 7.76. The van der Waals surface area contributed by atoms with Crippen LogP contribution in [-0.2, 0) is 14.3 Å². The molecule has 1 amide bonds. The number of carbonyl (C=O) groups is 3. The molecule has 1 atom stereocenters. The molecule has 0 radical (unpaired) electrons. The minimum Gasteiger partial charge on any atom is -0.462 e. The van der Waals surface area contributed by atoms with Crippen LogP contribution in [0.5, 0.6) is 0 Å². The number of thiophene rings is 1. The lowest BCUT2D eigenvalue weighted by Crippen LogP contribution is -2.26. The largest absolute Gasteiger partial charge is 0.462 e. The van der Waals surface area contributed by atoms with E-state index in [0.29, 0.717) is 12.0 Å². The van der Waals surface area contributed by atoms with Crippen LogP contribution in [0.1, 0.15) is 58.8 Å². The predicted octanol–water partition coefficient (Wildman–Crippen LogP) is 3.96. The van der Waals surface area contributed by atoms with Crippen molar-refractivity contribution >= 4 is 50.1 Å². The van der Waals surface area contributed by atoms with Gasteiger partial charge in [-0.2, -0.15) is 5.10 Å². The first-order chi connectivity index (χ1) is 13.3. The normalized spacial score (nSPS) is 11.8. The lowest BCUT2D eigenvalue weighted by molar-refractivity contribution is -0.119. The van der Waals surface area contributed by atoms with Gasteiger partial charge in [0.25, 0.3) is 0 Å². The Morgan fingerprint density at radius 2 is 1.86 bits per heavy atom. The molecule has 2 rings (SSSR count). The second kappa shape index (κ2) is 9.83. The number of anilines is 1. The Morgan fingerprint density at radius 1 is 1.21 bits per heavy atom. The summed E-state index contributed by atoms with van der Waals surface area (Å²) in [6.07, 6.45) is 3.78. The Hall–Kier alpha value is -2.20. The third-order valence-electron chi connectivity index (χ3n) is 3.90. The number of ether oxygens (including phenoxy) is 2. The van der Waals surface area contributed by atoms with Crippen molar-refractivity contribution in [2.24, 2.45) is 0 Å². The van der Waals surface area contributed by atoms with Crippen LogP contribution >= 0.6 is 27.3 Å². The summed E-state index contributed by atoms with van der Waals surface area (Å²) in [4.78, 5) is 37.8. The van der Waals surface area contributed by atoms with E-state index in [1.165, 1.54) is 4.68 Å². The second-order valence-corrected chi connectivity index (χ2v) is 7.69. The maximum Gasteiger partial charge on any atom is 0.348 e. The summed E-state index contributed by atoms with van der Waals surface area (Å²) in [7, 11) is 0. The third-order valence-corrected chi connectivity index (χ3v) is 5.50. The zero-order valence-corrected chi connectivity index (χ0v) is 18.5. The summed E-state index contributed by atoms with van der Waals surface area (Å²) in [6.45, 7) is 7.26. The van der Waals surface area contributed by atoms with Crippen LogP contribution in [0.15, 0.2) is 16.9 Å². The van der Waals surface area contributed by atoms with E-state index in [-0.39, 0.29) is 34.6 Å². The molecule has 0 bridgehead atoms. The highest BCUT2D eigenvalue weighted by atomic mass is 79.9. The summed E-state index contributed by atoms with van der Waals surface area (Å²) in [6, 6.07) is -0.574. The zero-order valence-electron chi connectivity index (χ0n) is 16.1. The number of rotatable bonds is 8. The monoisotopic (exact) mass is 471 g/mol. The molecule has 2 heterocycles. The molecule has 0 aliphatic heterocycles. The fraction of sp³-hybridized carbons (Fsp3) is 0.444. The predicted molar refractivity (Wildman–Crippen MR) is 109 cm³/mol. The maximum absolute atomic E-state index is 12.9. The molecule has 0 fully saturated rings. The summed E-state index contributed by atoms with van der Waals surface area (Å²) >= 11 is 4.31. The fourth-order valence-electron chi connectivity index (χ4n) is 2.62. The van der Waals surface area contributed by atoms with Crippen LogP contribution in [0.25, 0.3) is 0 Å². The van der Waals surface area contributed by atoms with Gasteiger partial charge in [0.2, 0.25) is 5.91 Å². The zero-order chi connectivity index (χ0) is 20.8. The summed E-state index contributed by atoms with van der Waals surface area (Å²) in [5.74, 6) is -1.49. The van der Waals surface area contributed by atoms with Crippen LogP contribution in [-0.4, -0.2) is 40.8 Å². The highest BCUT2D eigenvalue weighted by Crippen LogP contribution is 2.35. The third kappa shape index (κ3) is 4.79. The van der Waals surface area contributed by atoms with Crippen molar-refractivity contribution in [2.45, 2.75) is 40.2 Å². The number of hydrogen-bond acceptors (Lipinski definition) is 7. The molecular weight excluding hydrogens is 450 g/mol. The average Bonchev–Trinajstić information content (AvgIpc) is 3.19. The van der Waals surface area contributed by atoms with Crippen molar-refractivity contribution < 1.29 is 23.9 Å². The van der Waals surface area contributed by atoms with E-state index < -0.39 is 18.0 Å². The van der Waals surface area contributed by atoms with Crippen molar-refractivity contribution in [3.05, 3.63) is 32.9 Å². The van der Waals surface area contributed by atoms with Crippen molar-refractivity contribution in [3.63, 3.8) is 0 Å². The highest BCUT2D eigenvalue weighted by Gasteiger charge is 2.29. The molecule has 8 nitrogen and oxygen atoms in total. The Morgan fingerprint density at radius 3 is 2.39 bits per heavy atom. The van der Waals surface area contributed by atoms with E-state index in [2.05, 4.69) is 26.3 Å².